The molecule has 1 saturated heterocycles. The fourth-order valence-electron chi connectivity index (χ4n) is 1.90. The van der Waals surface area contributed by atoms with Crippen LogP contribution >= 0.6 is 0 Å². The third kappa shape index (κ3) is 2.02. The Hall–Kier alpha value is -1.53. The molecular formula is C13H15NO2. The zero-order chi connectivity index (χ0) is 11.7. The molecule has 1 fully saturated rings. The van der Waals surface area contributed by atoms with Gasteiger partial charge in [-0.2, -0.15) is 5.26 Å². The number of ether oxygens (including phenoxy) is 2. The monoisotopic (exact) mass is 217 g/mol. The van der Waals surface area contributed by atoms with Crippen LogP contribution < -0.4 is 4.74 Å². The molecule has 1 atom stereocenters. The third-order valence-electron chi connectivity index (χ3n) is 2.83. The van der Waals surface area contributed by atoms with Gasteiger partial charge in [0.1, 0.15) is 18.5 Å². The number of nitrogens with zero attached hydrogens (tertiary/aromatic N) is 1. The molecule has 0 spiro atoms. The molecule has 16 heavy (non-hydrogen) atoms. The molecule has 1 aliphatic heterocycles. The van der Waals surface area contributed by atoms with Crippen LogP contribution in [-0.2, 0) is 4.74 Å². The number of benzene rings is 1. The second-order valence-corrected chi connectivity index (χ2v) is 4.22. The normalized spacial score (nSPS) is 18.0. The molecule has 0 aliphatic carbocycles. The molecular weight excluding hydrogens is 202 g/mol. The zero-order valence-electron chi connectivity index (χ0n) is 9.83. The van der Waals surface area contributed by atoms with Crippen molar-refractivity contribution in [2.75, 3.05) is 13.2 Å². The van der Waals surface area contributed by atoms with Gasteiger partial charge in [0.05, 0.1) is 18.2 Å². The Bertz CT molecular complexity index is 456. The fourth-order valence-corrected chi connectivity index (χ4v) is 1.90. The molecule has 1 aliphatic rings. The van der Waals surface area contributed by atoms with E-state index in [4.69, 9.17) is 14.7 Å². The lowest BCUT2D eigenvalue weighted by molar-refractivity contribution is 0.260. The van der Waals surface area contributed by atoms with Crippen molar-refractivity contribution in [1.29, 1.82) is 5.26 Å². The summed E-state index contributed by atoms with van der Waals surface area (Å²) in [4.78, 5) is 0. The van der Waals surface area contributed by atoms with Crippen molar-refractivity contribution in [3.05, 3.63) is 28.3 Å². The van der Waals surface area contributed by atoms with Gasteiger partial charge < -0.3 is 9.47 Å². The molecule has 1 aromatic rings. The van der Waals surface area contributed by atoms with Crippen LogP contribution in [0.5, 0.6) is 5.75 Å². The van der Waals surface area contributed by atoms with Crippen LogP contribution in [0.1, 0.15) is 22.3 Å². The summed E-state index contributed by atoms with van der Waals surface area (Å²) in [6.07, 6.45) is 0.241. The Morgan fingerprint density at radius 3 is 2.69 bits per heavy atom. The molecule has 0 aromatic heterocycles. The minimum Gasteiger partial charge on any atom is -0.490 e. The molecule has 1 unspecified atom stereocenters. The summed E-state index contributed by atoms with van der Waals surface area (Å²) < 4.78 is 10.8. The maximum absolute atomic E-state index is 9.07. The molecule has 2 rings (SSSR count). The standard InChI is InChI=1S/C13H15NO2/c1-8-4-9(2)13(10(3)12(8)5-14)16-7-11-6-15-11/h4,11H,6-7H2,1-3H3. The highest BCUT2D eigenvalue weighted by atomic mass is 16.6. The van der Waals surface area contributed by atoms with Crippen molar-refractivity contribution in [3.8, 4) is 11.8 Å². The summed E-state index contributed by atoms with van der Waals surface area (Å²) in [5, 5.41) is 9.07. The summed E-state index contributed by atoms with van der Waals surface area (Å²) >= 11 is 0. The van der Waals surface area contributed by atoms with E-state index in [1.54, 1.807) is 0 Å². The van der Waals surface area contributed by atoms with Crippen molar-refractivity contribution < 1.29 is 9.47 Å². The van der Waals surface area contributed by atoms with E-state index in [1.807, 2.05) is 26.8 Å². The topological polar surface area (TPSA) is 45.5 Å². The largest absolute Gasteiger partial charge is 0.490 e. The van der Waals surface area contributed by atoms with E-state index in [0.29, 0.717) is 6.61 Å². The molecule has 0 bridgehead atoms. The predicted octanol–water partition coefficient (Wildman–Crippen LogP) is 2.26. The molecule has 3 nitrogen and oxygen atoms in total. The van der Waals surface area contributed by atoms with E-state index in [9.17, 15) is 0 Å². The molecule has 1 heterocycles. The van der Waals surface area contributed by atoms with E-state index >= 15 is 0 Å². The zero-order valence-corrected chi connectivity index (χ0v) is 9.83. The molecule has 0 radical (unpaired) electrons. The first-order chi connectivity index (χ1) is 7.63. The minimum absolute atomic E-state index is 0.241. The number of rotatable bonds is 3. The van der Waals surface area contributed by atoms with Crippen molar-refractivity contribution in [3.63, 3.8) is 0 Å². The van der Waals surface area contributed by atoms with Crippen LogP contribution in [-0.4, -0.2) is 19.3 Å². The van der Waals surface area contributed by atoms with Crippen LogP contribution in [0.2, 0.25) is 0 Å². The van der Waals surface area contributed by atoms with Crippen molar-refractivity contribution in [1.82, 2.24) is 0 Å². The third-order valence-corrected chi connectivity index (χ3v) is 2.83. The second kappa shape index (κ2) is 4.15. The molecule has 84 valence electrons. The molecule has 0 amide bonds. The van der Waals surface area contributed by atoms with Gasteiger partial charge in [0.2, 0.25) is 0 Å². The van der Waals surface area contributed by atoms with Crippen LogP contribution in [0.4, 0.5) is 0 Å². The highest BCUT2D eigenvalue weighted by molar-refractivity contribution is 5.54. The molecule has 3 heteroatoms. The van der Waals surface area contributed by atoms with Crippen LogP contribution in [0.25, 0.3) is 0 Å². The van der Waals surface area contributed by atoms with Gasteiger partial charge in [-0.25, -0.2) is 0 Å². The summed E-state index contributed by atoms with van der Waals surface area (Å²) in [6, 6.07) is 4.22. The van der Waals surface area contributed by atoms with E-state index < -0.39 is 0 Å². The Morgan fingerprint density at radius 2 is 2.12 bits per heavy atom. The van der Waals surface area contributed by atoms with Crippen molar-refractivity contribution in [2.24, 2.45) is 0 Å². The van der Waals surface area contributed by atoms with Gasteiger partial charge >= 0.3 is 0 Å². The number of aryl methyl sites for hydroxylation is 2. The van der Waals surface area contributed by atoms with Crippen LogP contribution in [0.3, 0.4) is 0 Å². The highest BCUT2D eigenvalue weighted by Gasteiger charge is 2.24. The lowest BCUT2D eigenvalue weighted by Gasteiger charge is -2.14. The van der Waals surface area contributed by atoms with Gasteiger partial charge in [0.25, 0.3) is 0 Å². The summed E-state index contributed by atoms with van der Waals surface area (Å²) in [5.74, 6) is 0.831. The number of hydrogen-bond donors (Lipinski definition) is 0. The number of epoxide rings is 1. The Morgan fingerprint density at radius 1 is 1.44 bits per heavy atom. The van der Waals surface area contributed by atoms with E-state index in [2.05, 4.69) is 6.07 Å². The van der Waals surface area contributed by atoms with E-state index in [0.717, 1.165) is 34.6 Å². The fraction of sp³-hybridized carbons (Fsp3) is 0.462. The first-order valence-corrected chi connectivity index (χ1v) is 5.38. The van der Waals surface area contributed by atoms with Gasteiger partial charge in [-0.1, -0.05) is 6.07 Å². The van der Waals surface area contributed by atoms with E-state index in [-0.39, 0.29) is 6.10 Å². The SMILES string of the molecule is Cc1cc(C)c(OCC2CO2)c(C)c1C#N. The maximum Gasteiger partial charge on any atom is 0.126 e. The minimum atomic E-state index is 0.241. The molecule has 0 saturated carbocycles. The van der Waals surface area contributed by atoms with Crippen LogP contribution in [0.15, 0.2) is 6.07 Å². The Kier molecular flexibility index (Phi) is 2.84. The van der Waals surface area contributed by atoms with Gasteiger partial charge in [-0.15, -0.1) is 0 Å². The highest BCUT2D eigenvalue weighted by Crippen LogP contribution is 2.29. The lowest BCUT2D eigenvalue weighted by Crippen LogP contribution is -2.07. The lowest BCUT2D eigenvalue weighted by atomic mass is 9.99. The van der Waals surface area contributed by atoms with Gasteiger partial charge in [0.15, 0.2) is 0 Å². The molecule has 1 aromatic carbocycles. The first-order valence-electron chi connectivity index (χ1n) is 5.38. The van der Waals surface area contributed by atoms with Crippen LogP contribution in [0, 0.1) is 32.1 Å². The van der Waals surface area contributed by atoms with E-state index in [1.165, 1.54) is 0 Å². The van der Waals surface area contributed by atoms with Gasteiger partial charge in [0, 0.05) is 5.56 Å². The second-order valence-electron chi connectivity index (χ2n) is 4.22. The average molecular weight is 217 g/mol. The average Bonchev–Trinajstić information content (AvgIpc) is 3.01. The quantitative estimate of drug-likeness (QED) is 0.729. The number of nitriles is 1. The maximum atomic E-state index is 9.07. The smallest absolute Gasteiger partial charge is 0.126 e. The number of hydrogen-bond acceptors (Lipinski definition) is 3. The van der Waals surface area contributed by atoms with Gasteiger partial charge in [-0.05, 0) is 31.9 Å². The van der Waals surface area contributed by atoms with Crippen molar-refractivity contribution >= 4 is 0 Å². The van der Waals surface area contributed by atoms with Gasteiger partial charge in [-0.3, -0.25) is 0 Å². The molecule has 0 N–H and O–H groups in total. The summed E-state index contributed by atoms with van der Waals surface area (Å²) in [5.41, 5.74) is 3.74. The van der Waals surface area contributed by atoms with Crippen molar-refractivity contribution in [2.45, 2.75) is 26.9 Å². The predicted molar refractivity (Wildman–Crippen MR) is 60.6 cm³/mol. The Labute approximate surface area is 95.6 Å². The Balaban J connectivity index is 2.31. The first kappa shape index (κ1) is 11.0. The summed E-state index contributed by atoms with van der Waals surface area (Å²) in [7, 11) is 0. The summed E-state index contributed by atoms with van der Waals surface area (Å²) in [6.45, 7) is 7.25.